The number of hydrogen-bond donors (Lipinski definition) is 3. The minimum absolute atomic E-state index is 0.0118. The Kier molecular flexibility index (Phi) is 6.62. The van der Waals surface area contributed by atoms with Gasteiger partial charge in [0.1, 0.15) is 17.2 Å². The van der Waals surface area contributed by atoms with Crippen molar-refractivity contribution in [1.29, 1.82) is 0 Å². The Bertz CT molecular complexity index is 1490. The molecule has 10 nitrogen and oxygen atoms in total. The van der Waals surface area contributed by atoms with Gasteiger partial charge in [-0.15, -0.1) is 0 Å². The molecule has 1 saturated heterocycles. The molecule has 3 N–H and O–H groups in total. The maximum Gasteiger partial charge on any atom is 0.418 e. The largest absolute Gasteiger partial charge is 0.508 e. The molecule has 5 rings (SSSR count). The van der Waals surface area contributed by atoms with Crippen LogP contribution in [0.5, 0.6) is 11.5 Å². The molecule has 2 aromatic carbocycles. The van der Waals surface area contributed by atoms with E-state index in [1.165, 1.54) is 24.3 Å². The number of hydrogen-bond acceptors (Lipinski definition) is 8. The number of rotatable bonds is 4. The molecular formula is C26H25F3N4O6. The lowest BCUT2D eigenvalue weighted by Gasteiger charge is -2.23. The van der Waals surface area contributed by atoms with Gasteiger partial charge in [-0.2, -0.15) is 23.0 Å². The van der Waals surface area contributed by atoms with Gasteiger partial charge in [0.2, 0.25) is 0 Å². The predicted molar refractivity (Wildman–Crippen MR) is 135 cm³/mol. The summed E-state index contributed by atoms with van der Waals surface area (Å²) in [6.45, 7) is 2.23. The molecule has 1 fully saturated rings. The normalized spacial score (nSPS) is 17.0. The fraction of sp³-hybridized carbons (Fsp3) is 0.346. The van der Waals surface area contributed by atoms with Crippen LogP contribution in [0.3, 0.4) is 0 Å². The van der Waals surface area contributed by atoms with E-state index < -0.39 is 35.2 Å². The number of aromatic hydroxyl groups is 2. The summed E-state index contributed by atoms with van der Waals surface area (Å²) >= 11 is 0. The molecule has 0 spiro atoms. The van der Waals surface area contributed by atoms with E-state index in [-0.39, 0.29) is 60.1 Å². The van der Waals surface area contributed by atoms with E-state index in [0.717, 1.165) is 17.0 Å². The number of aromatic nitrogens is 2. The van der Waals surface area contributed by atoms with Crippen LogP contribution in [-0.2, 0) is 17.3 Å². The summed E-state index contributed by atoms with van der Waals surface area (Å²) in [6, 6.07) is 6.85. The van der Waals surface area contributed by atoms with Crippen LogP contribution in [0, 0.1) is 0 Å². The molecule has 1 atom stereocenters. The number of aliphatic hydroxyl groups excluding tert-OH is 1. The molecule has 0 radical (unpaired) electrons. The van der Waals surface area contributed by atoms with Crippen molar-refractivity contribution in [3.63, 3.8) is 0 Å². The molecule has 0 bridgehead atoms. The summed E-state index contributed by atoms with van der Waals surface area (Å²) < 4.78 is 48.3. The SMILES string of the molecule is CCOC(=O)N1CCc2c(-c3cc(O)cc(O)c3)nn(-c3cc(N4CC[C@H](O)C4)ccc3C(F)(F)F)c(=O)c21. The number of β-amino-alcohol motifs (C(OH)–C–C–N with tert-alkyl or cyclic N) is 1. The molecule has 13 heteroatoms. The summed E-state index contributed by atoms with van der Waals surface area (Å²) in [4.78, 5) is 29.2. The second-order valence-corrected chi connectivity index (χ2v) is 9.32. The van der Waals surface area contributed by atoms with Crippen LogP contribution in [0.1, 0.15) is 24.5 Å². The first-order chi connectivity index (χ1) is 18.5. The van der Waals surface area contributed by atoms with Crippen molar-refractivity contribution in [2.24, 2.45) is 0 Å². The van der Waals surface area contributed by atoms with Gasteiger partial charge in [-0.1, -0.05) is 0 Å². The van der Waals surface area contributed by atoms with Gasteiger partial charge >= 0.3 is 12.3 Å². The monoisotopic (exact) mass is 546 g/mol. The molecular weight excluding hydrogens is 521 g/mol. The van der Waals surface area contributed by atoms with Gasteiger partial charge < -0.3 is 25.0 Å². The van der Waals surface area contributed by atoms with Crippen molar-refractivity contribution < 1.29 is 38.0 Å². The number of nitrogens with zero attached hydrogens (tertiary/aromatic N) is 4. The van der Waals surface area contributed by atoms with Gasteiger partial charge in [0.05, 0.1) is 29.7 Å². The zero-order valence-electron chi connectivity index (χ0n) is 20.8. The zero-order valence-corrected chi connectivity index (χ0v) is 20.8. The van der Waals surface area contributed by atoms with E-state index >= 15 is 0 Å². The average molecular weight is 547 g/mol. The standard InChI is InChI=1S/C26H25F3N4O6/c1-2-39-25(38)32-8-6-19-22(14-9-17(35)12-18(36)10-14)30-33(24(37)23(19)32)21-11-15(31-7-5-16(34)13-31)3-4-20(21)26(27,28)29/h3-4,9-12,16,34-36H,2,5-8,13H2,1H3/t16-/m0/s1. The number of benzene rings is 2. The van der Waals surface area contributed by atoms with E-state index in [9.17, 15) is 38.1 Å². The minimum Gasteiger partial charge on any atom is -0.508 e. The van der Waals surface area contributed by atoms with E-state index in [2.05, 4.69) is 5.10 Å². The Morgan fingerprint density at radius 3 is 2.46 bits per heavy atom. The van der Waals surface area contributed by atoms with Gasteiger partial charge in [0.15, 0.2) is 0 Å². The molecule has 0 saturated carbocycles. The summed E-state index contributed by atoms with van der Waals surface area (Å²) in [5.74, 6) is -0.659. The first-order valence-electron chi connectivity index (χ1n) is 12.3. The Hall–Kier alpha value is -4.26. The number of alkyl halides is 3. The number of aliphatic hydroxyl groups is 1. The number of carbonyl (C=O) groups excluding carboxylic acids is 1. The second-order valence-electron chi connectivity index (χ2n) is 9.32. The van der Waals surface area contributed by atoms with Gasteiger partial charge in [-0.05, 0) is 50.1 Å². The number of anilines is 2. The Labute approximate surface area is 220 Å². The van der Waals surface area contributed by atoms with Crippen LogP contribution < -0.4 is 15.4 Å². The second kappa shape index (κ2) is 9.80. The van der Waals surface area contributed by atoms with Crippen LogP contribution in [0.15, 0.2) is 41.2 Å². The molecule has 2 aliphatic rings. The van der Waals surface area contributed by atoms with Crippen molar-refractivity contribution in [2.45, 2.75) is 32.0 Å². The fourth-order valence-electron chi connectivity index (χ4n) is 5.02. The van der Waals surface area contributed by atoms with Crippen molar-refractivity contribution in [1.82, 2.24) is 9.78 Å². The number of ether oxygens (including phenoxy) is 1. The Morgan fingerprint density at radius 1 is 1.13 bits per heavy atom. The molecule has 206 valence electrons. The maximum atomic E-state index is 14.2. The third-order valence-electron chi connectivity index (χ3n) is 6.73. The van der Waals surface area contributed by atoms with Crippen LogP contribution in [-0.4, -0.2) is 63.5 Å². The summed E-state index contributed by atoms with van der Waals surface area (Å²) in [5.41, 5.74) is -2.11. The van der Waals surface area contributed by atoms with Crippen LogP contribution >= 0.6 is 0 Å². The Balaban J connectivity index is 1.80. The highest BCUT2D eigenvalue weighted by molar-refractivity contribution is 5.92. The number of phenols is 2. The molecule has 3 aromatic rings. The van der Waals surface area contributed by atoms with E-state index in [0.29, 0.717) is 23.3 Å². The highest BCUT2D eigenvalue weighted by Crippen LogP contribution is 2.39. The third kappa shape index (κ3) is 4.85. The number of amides is 1. The van der Waals surface area contributed by atoms with Crippen molar-refractivity contribution >= 4 is 17.5 Å². The Morgan fingerprint density at radius 2 is 1.85 bits per heavy atom. The van der Waals surface area contributed by atoms with E-state index in [4.69, 9.17) is 4.74 Å². The first-order valence-corrected chi connectivity index (χ1v) is 12.3. The number of fused-ring (bicyclic) bond motifs is 1. The lowest BCUT2D eigenvalue weighted by Crippen LogP contribution is -2.36. The lowest BCUT2D eigenvalue weighted by molar-refractivity contribution is -0.137. The van der Waals surface area contributed by atoms with E-state index in [1.807, 2.05) is 0 Å². The molecule has 1 aromatic heterocycles. The smallest absolute Gasteiger partial charge is 0.418 e. The fourth-order valence-corrected chi connectivity index (χ4v) is 5.02. The van der Waals surface area contributed by atoms with Gasteiger partial charge in [-0.25, -0.2) is 4.79 Å². The summed E-state index contributed by atoms with van der Waals surface area (Å²) in [7, 11) is 0. The third-order valence-corrected chi connectivity index (χ3v) is 6.73. The summed E-state index contributed by atoms with van der Waals surface area (Å²) in [6.07, 6.45) is -5.76. The van der Waals surface area contributed by atoms with Crippen molar-refractivity contribution in [3.05, 3.63) is 57.9 Å². The average Bonchev–Trinajstić information content (AvgIpc) is 3.50. The molecule has 1 amide bonds. The number of phenolic OH excluding ortho intramolecular Hbond substituents is 2. The quantitative estimate of drug-likeness (QED) is 0.454. The zero-order chi connectivity index (χ0) is 28.1. The van der Waals surface area contributed by atoms with E-state index in [1.54, 1.807) is 11.8 Å². The van der Waals surface area contributed by atoms with Crippen LogP contribution in [0.2, 0.25) is 0 Å². The van der Waals surface area contributed by atoms with Crippen molar-refractivity contribution in [2.75, 3.05) is 36.0 Å². The topological polar surface area (TPSA) is 128 Å². The molecule has 2 aliphatic heterocycles. The summed E-state index contributed by atoms with van der Waals surface area (Å²) in [5, 5.41) is 34.4. The minimum atomic E-state index is -4.86. The molecule has 0 aliphatic carbocycles. The highest BCUT2D eigenvalue weighted by atomic mass is 19.4. The molecule has 3 heterocycles. The van der Waals surface area contributed by atoms with Crippen molar-refractivity contribution in [3.8, 4) is 28.4 Å². The highest BCUT2D eigenvalue weighted by Gasteiger charge is 2.38. The molecule has 0 unspecified atom stereocenters. The van der Waals surface area contributed by atoms with Gasteiger partial charge in [0.25, 0.3) is 5.56 Å². The maximum absolute atomic E-state index is 14.2. The molecule has 39 heavy (non-hydrogen) atoms. The lowest BCUT2D eigenvalue weighted by atomic mass is 10.0. The van der Waals surface area contributed by atoms with Gasteiger partial charge in [-0.3, -0.25) is 9.69 Å². The van der Waals surface area contributed by atoms with Crippen LogP contribution in [0.25, 0.3) is 16.9 Å². The number of carbonyl (C=O) groups is 1. The van der Waals surface area contributed by atoms with Gasteiger partial charge in [0, 0.05) is 42.5 Å². The predicted octanol–water partition coefficient (Wildman–Crippen LogP) is 3.42. The van der Waals surface area contributed by atoms with Crippen LogP contribution in [0.4, 0.5) is 29.3 Å². The first kappa shape index (κ1) is 26.4. The number of halogens is 3.